The molecule has 5 nitrogen and oxygen atoms in total. The molecule has 1 unspecified atom stereocenters. The predicted molar refractivity (Wildman–Crippen MR) is 56.7 cm³/mol. The number of hydrogen-bond donors (Lipinski definition) is 1. The van der Waals surface area contributed by atoms with Gasteiger partial charge in [-0.05, 0) is 6.07 Å². The summed E-state index contributed by atoms with van der Waals surface area (Å²) in [6.07, 6.45) is 0. The van der Waals surface area contributed by atoms with Gasteiger partial charge in [0.05, 0.1) is 22.1 Å². The zero-order valence-corrected chi connectivity index (χ0v) is 8.90. The summed E-state index contributed by atoms with van der Waals surface area (Å²) in [5, 5.41) is 11.1. The van der Waals surface area contributed by atoms with Gasteiger partial charge in [0.2, 0.25) is 0 Å². The van der Waals surface area contributed by atoms with Gasteiger partial charge < -0.3 is 4.84 Å². The molecule has 0 saturated heterocycles. The second kappa shape index (κ2) is 5.06. The van der Waals surface area contributed by atoms with Crippen LogP contribution in [-0.4, -0.2) is 11.5 Å². The van der Waals surface area contributed by atoms with Gasteiger partial charge in [0, 0.05) is 12.0 Å². The predicted octanol–water partition coefficient (Wildman–Crippen LogP) is 2.24. The van der Waals surface area contributed by atoms with Gasteiger partial charge >= 0.3 is 0 Å². The maximum atomic E-state index is 10.8. The maximum Gasteiger partial charge on any atom is 0.274 e. The van der Waals surface area contributed by atoms with E-state index in [-0.39, 0.29) is 18.2 Å². The Hall–Kier alpha value is -1.17. The van der Waals surface area contributed by atoms with Gasteiger partial charge in [-0.25, -0.2) is 5.90 Å². The van der Waals surface area contributed by atoms with Gasteiger partial charge in [-0.2, -0.15) is 0 Å². The molecule has 15 heavy (non-hydrogen) atoms. The molecular weight excluding hydrogens is 220 g/mol. The van der Waals surface area contributed by atoms with E-state index in [0.717, 1.165) is 0 Å². The Morgan fingerprint density at radius 1 is 1.67 bits per heavy atom. The second-order valence-corrected chi connectivity index (χ2v) is 3.57. The first-order chi connectivity index (χ1) is 7.07. The van der Waals surface area contributed by atoms with Gasteiger partial charge in [-0.1, -0.05) is 24.6 Å². The summed E-state index contributed by atoms with van der Waals surface area (Å²) in [5.41, 5.74) is 0.446. The third kappa shape index (κ3) is 2.65. The minimum Gasteiger partial charge on any atom is -0.304 e. The van der Waals surface area contributed by atoms with Crippen LogP contribution >= 0.6 is 11.6 Å². The van der Waals surface area contributed by atoms with E-state index >= 15 is 0 Å². The molecule has 0 aromatic heterocycles. The topological polar surface area (TPSA) is 78.4 Å². The summed E-state index contributed by atoms with van der Waals surface area (Å²) in [5.74, 6) is 4.71. The highest BCUT2D eigenvalue weighted by Gasteiger charge is 2.21. The molecule has 1 rings (SSSR count). The molecule has 0 aliphatic carbocycles. The van der Waals surface area contributed by atoms with Crippen molar-refractivity contribution in [3.8, 4) is 0 Å². The number of nitrogens with zero attached hydrogens (tertiary/aromatic N) is 1. The molecule has 1 aromatic rings. The van der Waals surface area contributed by atoms with E-state index in [1.54, 1.807) is 19.1 Å². The molecule has 0 aliphatic rings. The summed E-state index contributed by atoms with van der Waals surface area (Å²) in [6.45, 7) is 1.95. The Bertz CT molecular complexity index is 370. The van der Waals surface area contributed by atoms with Crippen molar-refractivity contribution in [3.05, 3.63) is 38.9 Å². The summed E-state index contributed by atoms with van der Waals surface area (Å²) < 4.78 is 0. The highest BCUT2D eigenvalue weighted by atomic mass is 35.5. The van der Waals surface area contributed by atoms with E-state index in [9.17, 15) is 10.1 Å². The molecule has 0 fully saturated rings. The molecule has 0 saturated carbocycles. The van der Waals surface area contributed by atoms with Crippen molar-refractivity contribution in [3.63, 3.8) is 0 Å². The fraction of sp³-hybridized carbons (Fsp3) is 0.333. The number of hydrogen-bond acceptors (Lipinski definition) is 4. The van der Waals surface area contributed by atoms with Gasteiger partial charge in [-0.15, -0.1) is 0 Å². The van der Waals surface area contributed by atoms with Crippen LogP contribution < -0.4 is 5.90 Å². The lowest BCUT2D eigenvalue weighted by Crippen LogP contribution is -2.10. The Kier molecular flexibility index (Phi) is 4.02. The van der Waals surface area contributed by atoms with Crippen LogP contribution in [0.2, 0.25) is 5.02 Å². The normalized spacial score (nSPS) is 12.5. The molecule has 0 aliphatic heterocycles. The fourth-order valence-corrected chi connectivity index (χ4v) is 1.76. The summed E-state index contributed by atoms with van der Waals surface area (Å²) in [6, 6.07) is 4.56. The molecule has 1 atom stereocenters. The van der Waals surface area contributed by atoms with Crippen LogP contribution in [0.5, 0.6) is 0 Å². The van der Waals surface area contributed by atoms with Crippen molar-refractivity contribution < 1.29 is 9.76 Å². The highest BCUT2D eigenvalue weighted by molar-refractivity contribution is 6.31. The van der Waals surface area contributed by atoms with Crippen LogP contribution in [0.4, 0.5) is 5.69 Å². The summed E-state index contributed by atoms with van der Waals surface area (Å²) in [4.78, 5) is 14.8. The van der Waals surface area contributed by atoms with Crippen molar-refractivity contribution in [1.82, 2.24) is 0 Å². The monoisotopic (exact) mass is 230 g/mol. The van der Waals surface area contributed by atoms with Crippen LogP contribution in [0, 0.1) is 10.1 Å². The smallest absolute Gasteiger partial charge is 0.274 e. The van der Waals surface area contributed by atoms with E-state index < -0.39 is 4.92 Å². The van der Waals surface area contributed by atoms with Gasteiger partial charge in [-0.3, -0.25) is 10.1 Å². The molecule has 0 amide bonds. The average Bonchev–Trinajstić information content (AvgIpc) is 2.17. The average molecular weight is 231 g/mol. The largest absolute Gasteiger partial charge is 0.304 e. The van der Waals surface area contributed by atoms with Gasteiger partial charge in [0.15, 0.2) is 0 Å². The molecule has 6 heteroatoms. The van der Waals surface area contributed by atoms with Crippen LogP contribution in [0.1, 0.15) is 18.4 Å². The fourth-order valence-electron chi connectivity index (χ4n) is 1.40. The molecule has 1 aromatic carbocycles. The Balaban J connectivity index is 3.18. The van der Waals surface area contributed by atoms with E-state index in [1.165, 1.54) is 6.07 Å². The molecule has 0 radical (unpaired) electrons. The van der Waals surface area contributed by atoms with E-state index in [0.29, 0.717) is 10.6 Å². The van der Waals surface area contributed by atoms with E-state index in [2.05, 4.69) is 4.84 Å². The highest BCUT2D eigenvalue weighted by Crippen LogP contribution is 2.32. The van der Waals surface area contributed by atoms with Gasteiger partial charge in [0.1, 0.15) is 0 Å². The maximum absolute atomic E-state index is 10.8. The first-order valence-electron chi connectivity index (χ1n) is 4.32. The molecule has 82 valence electrons. The molecule has 2 N–H and O–H groups in total. The van der Waals surface area contributed by atoms with Crippen molar-refractivity contribution in [2.75, 3.05) is 6.61 Å². The lowest BCUT2D eigenvalue weighted by atomic mass is 10.0. The Morgan fingerprint density at radius 2 is 2.33 bits per heavy atom. The molecule has 0 bridgehead atoms. The molecule has 0 heterocycles. The van der Waals surface area contributed by atoms with Crippen molar-refractivity contribution in [2.24, 2.45) is 5.90 Å². The quantitative estimate of drug-likeness (QED) is 0.636. The van der Waals surface area contributed by atoms with Gasteiger partial charge in [0.25, 0.3) is 5.69 Å². The lowest BCUT2D eigenvalue weighted by molar-refractivity contribution is -0.385. The third-order valence-electron chi connectivity index (χ3n) is 2.07. The first-order valence-corrected chi connectivity index (χ1v) is 4.70. The molecular formula is C9H11ClN2O3. The van der Waals surface area contributed by atoms with Crippen molar-refractivity contribution in [1.29, 1.82) is 0 Å². The zero-order chi connectivity index (χ0) is 11.4. The number of nitro benzene ring substituents is 1. The standard InChI is InChI=1S/C9H11ClN2O3/c1-6(5-15-11)9-7(10)3-2-4-8(9)12(13)14/h2-4,6H,5,11H2,1H3. The zero-order valence-electron chi connectivity index (χ0n) is 8.14. The van der Waals surface area contributed by atoms with Crippen LogP contribution in [0.15, 0.2) is 18.2 Å². The molecule has 0 spiro atoms. The number of nitro groups is 1. The Labute approximate surface area is 91.9 Å². The van der Waals surface area contributed by atoms with Crippen LogP contribution in [0.25, 0.3) is 0 Å². The van der Waals surface area contributed by atoms with Crippen molar-refractivity contribution in [2.45, 2.75) is 12.8 Å². The number of benzene rings is 1. The minimum atomic E-state index is -0.464. The number of halogens is 1. The summed E-state index contributed by atoms with van der Waals surface area (Å²) >= 11 is 5.90. The number of nitrogens with two attached hydrogens (primary N) is 1. The van der Waals surface area contributed by atoms with E-state index in [1.807, 2.05) is 0 Å². The van der Waals surface area contributed by atoms with E-state index in [4.69, 9.17) is 17.5 Å². The Morgan fingerprint density at radius 3 is 2.87 bits per heavy atom. The lowest BCUT2D eigenvalue weighted by Gasteiger charge is -2.11. The summed E-state index contributed by atoms with van der Waals surface area (Å²) in [7, 11) is 0. The van der Waals surface area contributed by atoms with Crippen LogP contribution in [-0.2, 0) is 4.84 Å². The minimum absolute atomic E-state index is 0.00736. The van der Waals surface area contributed by atoms with Crippen molar-refractivity contribution >= 4 is 17.3 Å². The first kappa shape index (κ1) is 11.9. The third-order valence-corrected chi connectivity index (χ3v) is 2.40. The SMILES string of the molecule is CC(CON)c1c(Cl)cccc1[N+](=O)[O-]. The number of rotatable bonds is 4. The van der Waals surface area contributed by atoms with Crippen LogP contribution in [0.3, 0.4) is 0 Å². The second-order valence-electron chi connectivity index (χ2n) is 3.16.